The van der Waals surface area contributed by atoms with Crippen LogP contribution in [0.4, 0.5) is 0 Å². The lowest BCUT2D eigenvalue weighted by molar-refractivity contribution is -0.368. The van der Waals surface area contributed by atoms with Crippen molar-refractivity contribution in [3.63, 3.8) is 0 Å². The Kier molecular flexibility index (Phi) is 11.6. The smallest absolute Gasteiger partial charge is 0.239 e. The summed E-state index contributed by atoms with van der Waals surface area (Å²) in [5, 5.41) is 92.5. The maximum atomic E-state index is 13.9. The van der Waals surface area contributed by atoms with Crippen LogP contribution in [-0.2, 0) is 33.3 Å². The SMILES string of the molecule is C[C@@H]1O[C@@H](O)[C@H](O)[C@H](O)[C@H]1O[C@@H]1O[C@H](CO)[C@@H](O[C@@H]2O[C@@H](C)[C@@H](Oc3c(-c4ccc(O)cc4)oc4cc(O)cc(O)c4c3=O)[C@@H](C=O)[C@H]2C=O)[C@H](O)[C@H]1O. The number of aromatic hydroxyl groups is 3. The summed E-state index contributed by atoms with van der Waals surface area (Å²) in [6.45, 7) is 1.99. The van der Waals surface area contributed by atoms with E-state index in [-0.39, 0.29) is 28.0 Å². The van der Waals surface area contributed by atoms with Crippen molar-refractivity contribution in [1.82, 2.24) is 0 Å². The minimum absolute atomic E-state index is 0.116. The van der Waals surface area contributed by atoms with Gasteiger partial charge in [0, 0.05) is 17.7 Å². The van der Waals surface area contributed by atoms with Crippen molar-refractivity contribution >= 4 is 23.5 Å². The Morgan fingerprint density at radius 3 is 2.00 bits per heavy atom. The Labute approximate surface area is 305 Å². The number of phenolic OH excluding ortho intramolecular Hbond substituents is 3. The second-order valence-electron chi connectivity index (χ2n) is 13.3. The molecule has 3 aliphatic heterocycles. The average molecular weight is 765 g/mol. The molecule has 3 aromatic rings. The van der Waals surface area contributed by atoms with Gasteiger partial charge in [-0.1, -0.05) is 0 Å². The molecule has 0 saturated carbocycles. The number of hydrogen-bond donors (Lipinski definition) is 9. The minimum Gasteiger partial charge on any atom is -0.508 e. The number of ether oxygens (including phenoxy) is 6. The number of aliphatic hydroxyl groups excluding tert-OH is 6. The van der Waals surface area contributed by atoms with E-state index in [1.807, 2.05) is 0 Å². The van der Waals surface area contributed by atoms with Crippen LogP contribution < -0.4 is 10.2 Å². The highest BCUT2D eigenvalue weighted by atomic mass is 16.7. The van der Waals surface area contributed by atoms with E-state index in [0.717, 1.165) is 12.1 Å². The van der Waals surface area contributed by atoms with Crippen LogP contribution in [0.25, 0.3) is 22.3 Å². The number of aliphatic hydroxyl groups is 6. The molecule has 0 unspecified atom stereocenters. The Balaban J connectivity index is 1.26. The van der Waals surface area contributed by atoms with Crippen LogP contribution in [0.5, 0.6) is 23.0 Å². The summed E-state index contributed by atoms with van der Waals surface area (Å²) in [7, 11) is 0. The van der Waals surface area contributed by atoms with Crippen molar-refractivity contribution in [3.8, 4) is 34.3 Å². The highest BCUT2D eigenvalue weighted by Crippen LogP contribution is 2.40. The van der Waals surface area contributed by atoms with E-state index in [0.29, 0.717) is 12.6 Å². The van der Waals surface area contributed by atoms with Crippen LogP contribution in [0.15, 0.2) is 45.6 Å². The van der Waals surface area contributed by atoms with Crippen molar-refractivity contribution < 1.29 is 88.4 Å². The molecule has 15 atom stereocenters. The van der Waals surface area contributed by atoms with E-state index < -0.39 is 121 Å². The molecule has 19 nitrogen and oxygen atoms in total. The third kappa shape index (κ3) is 7.28. The van der Waals surface area contributed by atoms with Gasteiger partial charge in [-0.05, 0) is 38.1 Å². The third-order valence-electron chi connectivity index (χ3n) is 9.76. The van der Waals surface area contributed by atoms with Crippen molar-refractivity contribution in [2.75, 3.05) is 6.61 Å². The van der Waals surface area contributed by atoms with E-state index >= 15 is 0 Å². The zero-order valence-electron chi connectivity index (χ0n) is 28.6. The first-order chi connectivity index (χ1) is 25.7. The molecule has 6 rings (SSSR count). The second-order valence-corrected chi connectivity index (χ2v) is 13.3. The fraction of sp³-hybridized carbons (Fsp3) is 0.514. The molecule has 0 spiro atoms. The molecule has 54 heavy (non-hydrogen) atoms. The molecule has 0 radical (unpaired) electrons. The van der Waals surface area contributed by atoms with E-state index in [1.165, 1.54) is 38.1 Å². The maximum Gasteiger partial charge on any atom is 0.239 e. The first-order valence-electron chi connectivity index (χ1n) is 16.9. The van der Waals surface area contributed by atoms with Crippen LogP contribution in [0.2, 0.25) is 0 Å². The maximum absolute atomic E-state index is 13.9. The normalized spacial score (nSPS) is 37.1. The highest BCUT2D eigenvalue weighted by Gasteiger charge is 2.53. The standard InChI is InChI=1S/C35H40O19/c1-12-28(52-32-23(42)22-19(41)7-16(40)8-20(22)50-30(32)14-3-5-15(39)6-4-14)17(9-36)18(10-37)34(49-12)54-31-21(11-38)51-35(27(46)25(31)44)53-29-13(2)48-33(47)26(45)24(29)43/h3-10,12-13,17-18,21,24-29,31,33-35,38-41,43-47H,11H2,1-2H3/t12-,13-,17-,18+,21+,24-,25+,26+,27+,28+,29-,31+,33+,34-,35-/m0/s1. The fourth-order valence-electron chi connectivity index (χ4n) is 6.88. The summed E-state index contributed by atoms with van der Waals surface area (Å²) in [5.41, 5.74) is -0.926. The number of rotatable bonds is 10. The molecule has 19 heteroatoms. The number of phenols is 3. The lowest BCUT2D eigenvalue weighted by Gasteiger charge is -2.48. The Morgan fingerprint density at radius 1 is 0.722 bits per heavy atom. The molecule has 2 aromatic carbocycles. The predicted molar refractivity (Wildman–Crippen MR) is 177 cm³/mol. The molecule has 294 valence electrons. The lowest BCUT2D eigenvalue weighted by atomic mass is 9.83. The first-order valence-corrected chi connectivity index (χ1v) is 16.9. The summed E-state index contributed by atoms with van der Waals surface area (Å²) in [6.07, 6.45) is -19.7. The Morgan fingerprint density at radius 2 is 1.35 bits per heavy atom. The molecule has 1 aromatic heterocycles. The summed E-state index contributed by atoms with van der Waals surface area (Å²) >= 11 is 0. The highest BCUT2D eigenvalue weighted by molar-refractivity contribution is 5.88. The molecule has 3 saturated heterocycles. The van der Waals surface area contributed by atoms with Gasteiger partial charge in [0.2, 0.25) is 11.2 Å². The number of hydrogen-bond acceptors (Lipinski definition) is 19. The van der Waals surface area contributed by atoms with E-state index in [9.17, 15) is 60.3 Å². The van der Waals surface area contributed by atoms with Gasteiger partial charge in [-0.25, -0.2) is 0 Å². The summed E-state index contributed by atoms with van der Waals surface area (Å²) in [4.78, 5) is 39.1. The minimum atomic E-state index is -1.92. The van der Waals surface area contributed by atoms with Gasteiger partial charge in [0.15, 0.2) is 24.6 Å². The third-order valence-corrected chi connectivity index (χ3v) is 9.76. The topological polar surface area (TPSA) is 302 Å². The number of carbonyl (C=O) groups is 2. The van der Waals surface area contributed by atoms with Gasteiger partial charge in [-0.15, -0.1) is 0 Å². The zero-order valence-corrected chi connectivity index (χ0v) is 28.6. The zero-order chi connectivity index (χ0) is 39.2. The largest absolute Gasteiger partial charge is 0.508 e. The Bertz CT molecular complexity index is 1860. The van der Waals surface area contributed by atoms with Crippen LogP contribution in [0, 0.1) is 11.8 Å². The van der Waals surface area contributed by atoms with Gasteiger partial charge in [0.05, 0.1) is 30.7 Å². The molecule has 3 fully saturated rings. The van der Waals surface area contributed by atoms with Gasteiger partial charge in [-0.3, -0.25) is 4.79 Å². The van der Waals surface area contributed by atoms with Crippen LogP contribution in [0.1, 0.15) is 13.8 Å². The summed E-state index contributed by atoms with van der Waals surface area (Å²) in [6, 6.07) is 7.38. The molecular weight excluding hydrogens is 724 g/mol. The number of aldehydes is 2. The van der Waals surface area contributed by atoms with Crippen molar-refractivity contribution in [3.05, 3.63) is 46.6 Å². The number of carbonyl (C=O) groups excluding carboxylic acids is 2. The van der Waals surface area contributed by atoms with Gasteiger partial charge in [-0.2, -0.15) is 0 Å². The molecule has 4 heterocycles. The fourth-order valence-corrected chi connectivity index (χ4v) is 6.88. The molecule has 0 aliphatic carbocycles. The first kappa shape index (κ1) is 39.4. The second kappa shape index (κ2) is 15.8. The molecule has 0 amide bonds. The van der Waals surface area contributed by atoms with Crippen LogP contribution in [-0.4, -0.2) is 145 Å². The monoisotopic (exact) mass is 764 g/mol. The van der Waals surface area contributed by atoms with Crippen molar-refractivity contribution in [2.45, 2.75) is 93.8 Å². The van der Waals surface area contributed by atoms with Gasteiger partial charge in [0.25, 0.3) is 0 Å². The number of fused-ring (bicyclic) bond motifs is 1. The number of benzene rings is 2. The van der Waals surface area contributed by atoms with E-state index in [2.05, 4.69) is 0 Å². The van der Waals surface area contributed by atoms with Crippen LogP contribution >= 0.6 is 0 Å². The van der Waals surface area contributed by atoms with Crippen LogP contribution in [0.3, 0.4) is 0 Å². The van der Waals surface area contributed by atoms with Gasteiger partial charge in [0.1, 0.15) is 89.6 Å². The summed E-state index contributed by atoms with van der Waals surface area (Å²) in [5.74, 6) is -4.80. The van der Waals surface area contributed by atoms with Gasteiger partial charge < -0.3 is 88.4 Å². The molecule has 0 bridgehead atoms. The molecule has 9 N–H and O–H groups in total. The molecule has 3 aliphatic rings. The Hall–Kier alpha value is -4.25. The quantitative estimate of drug-likeness (QED) is 0.105. The average Bonchev–Trinajstić information content (AvgIpc) is 3.13. The van der Waals surface area contributed by atoms with Crippen molar-refractivity contribution in [1.29, 1.82) is 0 Å². The van der Waals surface area contributed by atoms with Crippen molar-refractivity contribution in [2.24, 2.45) is 11.8 Å². The van der Waals surface area contributed by atoms with Gasteiger partial charge >= 0.3 is 0 Å². The van der Waals surface area contributed by atoms with E-state index in [1.54, 1.807) is 0 Å². The summed E-state index contributed by atoms with van der Waals surface area (Å²) < 4.78 is 40.3. The van der Waals surface area contributed by atoms with E-state index in [4.69, 9.17) is 32.8 Å². The molecular formula is C35H40O19. The lowest BCUT2D eigenvalue weighted by Crippen LogP contribution is -2.65. The predicted octanol–water partition coefficient (Wildman–Crippen LogP) is -1.63.